The van der Waals surface area contributed by atoms with Gasteiger partial charge in [-0.05, 0) is 50.1 Å². The Hall–Kier alpha value is -3.15. The molecule has 3 rings (SSSR count). The number of aryl methyl sites for hydroxylation is 3. The molecular weight excluding hydrogens is 342 g/mol. The van der Waals surface area contributed by atoms with Gasteiger partial charge in [-0.3, -0.25) is 4.79 Å². The van der Waals surface area contributed by atoms with E-state index in [2.05, 4.69) is 16.2 Å². The van der Waals surface area contributed by atoms with E-state index in [1.165, 1.54) is 4.90 Å². The van der Waals surface area contributed by atoms with Crippen molar-refractivity contribution >= 4 is 5.91 Å². The fourth-order valence-electron chi connectivity index (χ4n) is 2.78. The third-order valence-corrected chi connectivity index (χ3v) is 4.10. The second-order valence-electron chi connectivity index (χ2n) is 6.74. The molecule has 0 atom stereocenters. The van der Waals surface area contributed by atoms with Crippen LogP contribution in [-0.2, 0) is 11.3 Å². The van der Waals surface area contributed by atoms with Crippen molar-refractivity contribution in [2.24, 2.45) is 0 Å². The molecule has 0 aliphatic rings. The molecule has 0 bridgehead atoms. The Bertz CT molecular complexity index is 929. The van der Waals surface area contributed by atoms with Crippen LogP contribution in [0, 0.1) is 20.8 Å². The average Bonchev–Trinajstić information content (AvgIpc) is 3.07. The zero-order valence-electron chi connectivity index (χ0n) is 16.0. The lowest BCUT2D eigenvalue weighted by Gasteiger charge is -2.15. The molecule has 0 unspecified atom stereocenters. The summed E-state index contributed by atoms with van der Waals surface area (Å²) in [7, 11) is 1.68. The van der Waals surface area contributed by atoms with Gasteiger partial charge in [-0.2, -0.15) is 4.98 Å². The van der Waals surface area contributed by atoms with Crippen LogP contribution < -0.4 is 4.74 Å². The molecule has 0 aliphatic carbocycles. The highest BCUT2D eigenvalue weighted by Gasteiger charge is 2.15. The average molecular weight is 365 g/mol. The van der Waals surface area contributed by atoms with E-state index in [1.807, 2.05) is 57.2 Å². The maximum Gasteiger partial charge on any atom is 0.260 e. The second-order valence-corrected chi connectivity index (χ2v) is 6.74. The normalized spacial score (nSPS) is 10.7. The van der Waals surface area contributed by atoms with E-state index in [4.69, 9.17) is 9.26 Å². The van der Waals surface area contributed by atoms with E-state index in [0.717, 1.165) is 22.3 Å². The van der Waals surface area contributed by atoms with Crippen LogP contribution in [0.3, 0.4) is 0 Å². The maximum atomic E-state index is 12.3. The zero-order chi connectivity index (χ0) is 19.4. The minimum Gasteiger partial charge on any atom is -0.484 e. The minimum absolute atomic E-state index is 0.0434. The number of amides is 1. The molecule has 1 heterocycles. The van der Waals surface area contributed by atoms with Crippen molar-refractivity contribution in [3.05, 3.63) is 65.0 Å². The molecule has 2 aromatic carbocycles. The van der Waals surface area contributed by atoms with Crippen LogP contribution in [0.4, 0.5) is 0 Å². The number of carbonyl (C=O) groups excluding carboxylic acids is 1. The topological polar surface area (TPSA) is 68.5 Å². The van der Waals surface area contributed by atoms with Gasteiger partial charge in [-0.1, -0.05) is 35.0 Å². The summed E-state index contributed by atoms with van der Waals surface area (Å²) in [5.74, 6) is 1.42. The summed E-state index contributed by atoms with van der Waals surface area (Å²) < 4.78 is 10.9. The van der Waals surface area contributed by atoms with Gasteiger partial charge in [0.05, 0.1) is 6.54 Å². The number of ether oxygens (including phenoxy) is 1. The van der Waals surface area contributed by atoms with Crippen LogP contribution >= 0.6 is 0 Å². The fraction of sp³-hybridized carbons (Fsp3) is 0.286. The number of benzene rings is 2. The quantitative estimate of drug-likeness (QED) is 0.666. The molecule has 0 radical (unpaired) electrons. The SMILES string of the molecule is Cc1cc(C)cc(OCC(=O)N(C)Cc2nc(-c3cccc(C)c3)no2)c1. The van der Waals surface area contributed by atoms with Gasteiger partial charge in [-0.25, -0.2) is 0 Å². The molecule has 140 valence electrons. The Morgan fingerprint density at radius 3 is 2.52 bits per heavy atom. The van der Waals surface area contributed by atoms with E-state index in [0.29, 0.717) is 17.5 Å². The van der Waals surface area contributed by atoms with Gasteiger partial charge in [0.15, 0.2) is 6.61 Å². The summed E-state index contributed by atoms with van der Waals surface area (Å²) >= 11 is 0. The molecule has 0 spiro atoms. The molecule has 0 saturated carbocycles. The van der Waals surface area contributed by atoms with Gasteiger partial charge in [0.1, 0.15) is 5.75 Å². The summed E-state index contributed by atoms with van der Waals surface area (Å²) in [5, 5.41) is 4.00. The van der Waals surface area contributed by atoms with Crippen molar-refractivity contribution in [3.63, 3.8) is 0 Å². The lowest BCUT2D eigenvalue weighted by atomic mass is 10.1. The maximum absolute atomic E-state index is 12.3. The monoisotopic (exact) mass is 365 g/mol. The molecule has 6 nitrogen and oxygen atoms in total. The first-order chi connectivity index (χ1) is 12.9. The van der Waals surface area contributed by atoms with Crippen LogP contribution in [-0.4, -0.2) is 34.6 Å². The Morgan fingerprint density at radius 2 is 1.81 bits per heavy atom. The molecule has 0 N–H and O–H groups in total. The van der Waals surface area contributed by atoms with E-state index >= 15 is 0 Å². The van der Waals surface area contributed by atoms with Gasteiger partial charge in [0, 0.05) is 12.6 Å². The van der Waals surface area contributed by atoms with E-state index in [9.17, 15) is 4.79 Å². The van der Waals surface area contributed by atoms with Crippen molar-refractivity contribution in [2.75, 3.05) is 13.7 Å². The molecule has 27 heavy (non-hydrogen) atoms. The van der Waals surface area contributed by atoms with Crippen LogP contribution in [0.2, 0.25) is 0 Å². The first-order valence-electron chi connectivity index (χ1n) is 8.75. The van der Waals surface area contributed by atoms with Crippen molar-refractivity contribution < 1.29 is 14.1 Å². The van der Waals surface area contributed by atoms with Crippen LogP contribution in [0.1, 0.15) is 22.6 Å². The number of carbonyl (C=O) groups is 1. The van der Waals surface area contributed by atoms with Gasteiger partial charge in [-0.15, -0.1) is 0 Å². The van der Waals surface area contributed by atoms with Gasteiger partial charge >= 0.3 is 0 Å². The van der Waals surface area contributed by atoms with Gasteiger partial charge in [0.2, 0.25) is 11.7 Å². The van der Waals surface area contributed by atoms with E-state index in [1.54, 1.807) is 7.05 Å². The van der Waals surface area contributed by atoms with Crippen molar-refractivity contribution in [2.45, 2.75) is 27.3 Å². The fourth-order valence-corrected chi connectivity index (χ4v) is 2.78. The number of rotatable bonds is 6. The molecule has 3 aromatic rings. The Morgan fingerprint density at radius 1 is 1.07 bits per heavy atom. The molecule has 0 fully saturated rings. The summed E-state index contributed by atoms with van der Waals surface area (Å²) in [5.41, 5.74) is 4.20. The van der Waals surface area contributed by atoms with Crippen LogP contribution in [0.25, 0.3) is 11.4 Å². The van der Waals surface area contributed by atoms with Gasteiger partial charge < -0.3 is 14.2 Å². The molecule has 0 aliphatic heterocycles. The van der Waals surface area contributed by atoms with Crippen molar-refractivity contribution in [1.82, 2.24) is 15.0 Å². The molecular formula is C21H23N3O3. The van der Waals surface area contributed by atoms with Crippen LogP contribution in [0.15, 0.2) is 47.0 Å². The lowest BCUT2D eigenvalue weighted by Crippen LogP contribution is -2.31. The minimum atomic E-state index is -0.163. The molecule has 0 saturated heterocycles. The first-order valence-corrected chi connectivity index (χ1v) is 8.75. The van der Waals surface area contributed by atoms with Crippen LogP contribution in [0.5, 0.6) is 5.75 Å². The molecule has 6 heteroatoms. The predicted octanol–water partition coefficient (Wildman–Crippen LogP) is 3.70. The summed E-state index contributed by atoms with van der Waals surface area (Å²) in [6, 6.07) is 13.7. The Labute approximate surface area is 158 Å². The molecule has 1 aromatic heterocycles. The number of likely N-dealkylation sites (N-methyl/N-ethyl adjacent to an activating group) is 1. The summed E-state index contributed by atoms with van der Waals surface area (Å²) in [6.45, 7) is 6.18. The lowest BCUT2D eigenvalue weighted by molar-refractivity contribution is -0.132. The first kappa shape index (κ1) is 18.6. The summed E-state index contributed by atoms with van der Waals surface area (Å²) in [4.78, 5) is 18.2. The highest BCUT2D eigenvalue weighted by molar-refractivity contribution is 5.77. The van der Waals surface area contributed by atoms with E-state index in [-0.39, 0.29) is 19.1 Å². The third kappa shape index (κ3) is 4.94. The van der Waals surface area contributed by atoms with Gasteiger partial charge in [0.25, 0.3) is 5.91 Å². The zero-order valence-corrected chi connectivity index (χ0v) is 16.0. The molecule has 1 amide bonds. The highest BCUT2D eigenvalue weighted by Crippen LogP contribution is 2.18. The van der Waals surface area contributed by atoms with E-state index < -0.39 is 0 Å². The largest absolute Gasteiger partial charge is 0.484 e. The number of hydrogen-bond donors (Lipinski definition) is 0. The second kappa shape index (κ2) is 8.03. The third-order valence-electron chi connectivity index (χ3n) is 4.10. The predicted molar refractivity (Wildman–Crippen MR) is 102 cm³/mol. The summed E-state index contributed by atoms with van der Waals surface area (Å²) in [6.07, 6.45) is 0. The van der Waals surface area contributed by atoms with Crippen molar-refractivity contribution in [1.29, 1.82) is 0 Å². The standard InChI is InChI=1S/C21H23N3O3/c1-14-6-5-7-17(9-14)21-22-19(27-23-21)12-24(4)20(25)13-26-18-10-15(2)8-16(3)11-18/h5-11H,12-13H2,1-4H3. The Kier molecular flexibility index (Phi) is 5.54. The smallest absolute Gasteiger partial charge is 0.260 e. The number of nitrogens with zero attached hydrogens (tertiary/aromatic N) is 3. The highest BCUT2D eigenvalue weighted by atomic mass is 16.5. The number of hydrogen-bond acceptors (Lipinski definition) is 5. The van der Waals surface area contributed by atoms with Crippen molar-refractivity contribution in [3.8, 4) is 17.1 Å². The number of aromatic nitrogens is 2. The Balaban J connectivity index is 1.58.